The number of hydrogen-bond donors (Lipinski definition) is 1. The molecule has 0 saturated carbocycles. The molecule has 7 heteroatoms. The summed E-state index contributed by atoms with van der Waals surface area (Å²) in [6, 6.07) is 11.5. The maximum Gasteiger partial charge on any atom is 0.251 e. The molecule has 1 aromatic carbocycles. The van der Waals surface area contributed by atoms with E-state index in [0.29, 0.717) is 17.8 Å². The number of amides is 1. The molecule has 2 heterocycles. The first-order chi connectivity index (χ1) is 14.0. The maximum absolute atomic E-state index is 12.3. The largest absolute Gasteiger partial charge is 0.351 e. The third-order valence-electron chi connectivity index (χ3n) is 4.46. The van der Waals surface area contributed by atoms with Crippen molar-refractivity contribution in [3.05, 3.63) is 64.9 Å². The normalized spacial score (nSPS) is 11.7. The number of likely N-dealkylation sites (N-methyl/N-ethyl adjacent to an activating group) is 1. The van der Waals surface area contributed by atoms with Crippen LogP contribution in [0.5, 0.6) is 0 Å². The Kier molecular flexibility index (Phi) is 6.74. The van der Waals surface area contributed by atoms with Crippen LogP contribution in [0.4, 0.5) is 0 Å². The zero-order valence-corrected chi connectivity index (χ0v) is 17.7. The fourth-order valence-corrected chi connectivity index (χ4v) is 3.57. The monoisotopic (exact) mass is 407 g/mol. The van der Waals surface area contributed by atoms with Crippen LogP contribution >= 0.6 is 11.3 Å². The minimum atomic E-state index is -0.0825. The second-order valence-corrected chi connectivity index (χ2v) is 7.79. The van der Waals surface area contributed by atoms with Crippen LogP contribution in [-0.2, 0) is 0 Å². The molecule has 0 bridgehead atoms. The Morgan fingerprint density at radius 3 is 2.62 bits per heavy atom. The lowest BCUT2D eigenvalue weighted by atomic mass is 10.1. The van der Waals surface area contributed by atoms with E-state index < -0.39 is 0 Å². The van der Waals surface area contributed by atoms with E-state index in [1.807, 2.05) is 66.5 Å². The number of carbonyl (C=O) groups excluding carboxylic acids is 1. The highest BCUT2D eigenvalue weighted by atomic mass is 32.1. The first-order valence-corrected chi connectivity index (χ1v) is 10.2. The Balaban J connectivity index is 1.82. The van der Waals surface area contributed by atoms with E-state index in [4.69, 9.17) is 0 Å². The van der Waals surface area contributed by atoms with Gasteiger partial charge in [0.05, 0.1) is 22.5 Å². The first-order valence-electron chi connectivity index (χ1n) is 9.29. The van der Waals surface area contributed by atoms with E-state index in [1.165, 1.54) is 0 Å². The lowest BCUT2D eigenvalue weighted by molar-refractivity contribution is 0.0951. The van der Waals surface area contributed by atoms with Crippen LogP contribution in [0.15, 0.2) is 53.0 Å². The van der Waals surface area contributed by atoms with E-state index >= 15 is 0 Å². The zero-order valence-electron chi connectivity index (χ0n) is 16.9. The van der Waals surface area contributed by atoms with Gasteiger partial charge >= 0.3 is 0 Å². The maximum atomic E-state index is 12.3. The van der Waals surface area contributed by atoms with Crippen molar-refractivity contribution in [2.75, 3.05) is 27.2 Å². The van der Waals surface area contributed by atoms with Crippen molar-refractivity contribution in [1.29, 1.82) is 0 Å². The number of nitrogens with zero attached hydrogens (tertiary/aromatic N) is 4. The molecular formula is C22H25N5OS. The van der Waals surface area contributed by atoms with Gasteiger partial charge in [0.1, 0.15) is 5.82 Å². The van der Waals surface area contributed by atoms with Gasteiger partial charge < -0.3 is 14.8 Å². The highest BCUT2D eigenvalue weighted by Gasteiger charge is 2.11. The second-order valence-electron chi connectivity index (χ2n) is 6.85. The Bertz CT molecular complexity index is 1000. The zero-order chi connectivity index (χ0) is 20.8. The van der Waals surface area contributed by atoms with Crippen LogP contribution in [0.2, 0.25) is 0 Å². The summed E-state index contributed by atoms with van der Waals surface area (Å²) in [5.74, 6) is 0.785. The van der Waals surface area contributed by atoms with Crippen molar-refractivity contribution in [2.45, 2.75) is 6.92 Å². The molecule has 2 aromatic heterocycles. The van der Waals surface area contributed by atoms with Crippen LogP contribution in [0.3, 0.4) is 0 Å². The molecule has 0 spiro atoms. The number of imidazole rings is 1. The van der Waals surface area contributed by atoms with Gasteiger partial charge in [0.2, 0.25) is 0 Å². The molecule has 0 saturated heterocycles. The summed E-state index contributed by atoms with van der Waals surface area (Å²) in [4.78, 5) is 24.1. The lowest BCUT2D eigenvalue weighted by Gasteiger charge is -2.11. The highest BCUT2D eigenvalue weighted by molar-refractivity contribution is 7.13. The fraction of sp³-hybridized carbons (Fsp3) is 0.227. The van der Waals surface area contributed by atoms with Gasteiger partial charge in [-0.3, -0.25) is 9.79 Å². The first kappa shape index (κ1) is 20.7. The van der Waals surface area contributed by atoms with Crippen LogP contribution < -0.4 is 5.32 Å². The lowest BCUT2D eigenvalue weighted by Crippen LogP contribution is -2.31. The molecule has 3 aromatic rings. The molecule has 0 radical (unpaired) electrons. The van der Waals surface area contributed by atoms with Gasteiger partial charge in [-0.1, -0.05) is 18.2 Å². The molecule has 0 aliphatic carbocycles. The molecule has 6 nitrogen and oxygen atoms in total. The summed E-state index contributed by atoms with van der Waals surface area (Å²) in [6.07, 6.45) is 3.79. The van der Waals surface area contributed by atoms with Gasteiger partial charge in [0.25, 0.3) is 5.91 Å². The van der Waals surface area contributed by atoms with Crippen molar-refractivity contribution < 1.29 is 4.79 Å². The fourth-order valence-electron chi connectivity index (χ4n) is 2.84. The molecular weight excluding hydrogens is 382 g/mol. The number of aryl methyl sites for hydroxylation is 1. The Hall–Kier alpha value is -3.03. The van der Waals surface area contributed by atoms with E-state index in [2.05, 4.69) is 28.1 Å². The third-order valence-corrected chi connectivity index (χ3v) is 5.36. The summed E-state index contributed by atoms with van der Waals surface area (Å²) < 4.78 is 2.01. The molecule has 1 N–H and O–H groups in total. The number of aromatic nitrogens is 2. The molecule has 29 heavy (non-hydrogen) atoms. The number of rotatable bonds is 8. The number of benzene rings is 1. The molecule has 0 unspecified atom stereocenters. The summed E-state index contributed by atoms with van der Waals surface area (Å²) in [7, 11) is 3.95. The van der Waals surface area contributed by atoms with Gasteiger partial charge in [-0.25, -0.2) is 4.98 Å². The number of hydrogen-bond acceptors (Lipinski definition) is 5. The minimum absolute atomic E-state index is 0.0825. The number of aliphatic imine (C=N–C) groups is 1. The number of nitrogens with one attached hydrogen (secondary N) is 1. The summed E-state index contributed by atoms with van der Waals surface area (Å²) in [5, 5.41) is 4.96. The van der Waals surface area contributed by atoms with Crippen LogP contribution in [0.25, 0.3) is 22.5 Å². The van der Waals surface area contributed by atoms with E-state index in [1.54, 1.807) is 23.5 Å². The Morgan fingerprint density at radius 2 is 2.00 bits per heavy atom. The standard InChI is InChI=1S/C22H25N5OS/c1-16-25-14-20(21-6-5-13-29-21)27(16)15-19(23-2)17-7-9-18(10-8-17)22(28)24-11-12-26(3)4/h5-10,13-15H,2,11-12H2,1,3-4H3,(H,24,28)/b19-15-. The molecule has 0 aliphatic rings. The van der Waals surface area contributed by atoms with E-state index in [-0.39, 0.29) is 5.91 Å². The van der Waals surface area contributed by atoms with Crippen molar-refractivity contribution in [3.63, 3.8) is 0 Å². The van der Waals surface area contributed by atoms with Crippen molar-refractivity contribution in [3.8, 4) is 10.6 Å². The number of thiophene rings is 1. The highest BCUT2D eigenvalue weighted by Crippen LogP contribution is 2.27. The summed E-state index contributed by atoms with van der Waals surface area (Å²) >= 11 is 1.66. The van der Waals surface area contributed by atoms with Gasteiger partial charge in [-0.15, -0.1) is 11.3 Å². The summed E-state index contributed by atoms with van der Waals surface area (Å²) in [5.41, 5.74) is 3.23. The molecule has 150 valence electrons. The molecule has 0 atom stereocenters. The van der Waals surface area contributed by atoms with Crippen molar-refractivity contribution in [1.82, 2.24) is 19.8 Å². The van der Waals surface area contributed by atoms with Crippen LogP contribution in [0, 0.1) is 6.92 Å². The van der Waals surface area contributed by atoms with Crippen LogP contribution in [0.1, 0.15) is 21.7 Å². The van der Waals surface area contributed by atoms with Crippen molar-refractivity contribution in [2.24, 2.45) is 4.99 Å². The SMILES string of the molecule is C=N/C(=C\n1c(-c2cccs2)cnc1C)c1ccc(C(=O)NCCN(C)C)cc1. The van der Waals surface area contributed by atoms with E-state index in [9.17, 15) is 4.79 Å². The average Bonchev–Trinajstić information content (AvgIpc) is 3.36. The Morgan fingerprint density at radius 1 is 1.28 bits per heavy atom. The number of carbonyl (C=O) groups is 1. The summed E-state index contributed by atoms with van der Waals surface area (Å²) in [6.45, 7) is 7.08. The van der Waals surface area contributed by atoms with Crippen molar-refractivity contribution >= 4 is 35.9 Å². The minimum Gasteiger partial charge on any atom is -0.351 e. The van der Waals surface area contributed by atoms with Crippen LogP contribution in [-0.4, -0.2) is 54.3 Å². The molecule has 0 fully saturated rings. The van der Waals surface area contributed by atoms with Gasteiger partial charge in [-0.05, 0) is 51.3 Å². The predicted octanol–water partition coefficient (Wildman–Crippen LogP) is 3.87. The van der Waals surface area contributed by atoms with Gasteiger partial charge in [0.15, 0.2) is 0 Å². The van der Waals surface area contributed by atoms with Gasteiger partial charge in [-0.2, -0.15) is 0 Å². The van der Waals surface area contributed by atoms with E-state index in [0.717, 1.165) is 28.5 Å². The second kappa shape index (κ2) is 9.45. The quantitative estimate of drug-likeness (QED) is 0.577. The topological polar surface area (TPSA) is 62.5 Å². The third kappa shape index (κ3) is 5.07. The molecule has 3 rings (SSSR count). The average molecular weight is 408 g/mol. The smallest absolute Gasteiger partial charge is 0.251 e. The molecule has 1 amide bonds. The van der Waals surface area contributed by atoms with Gasteiger partial charge in [0, 0.05) is 30.4 Å². The molecule has 0 aliphatic heterocycles. The Labute approximate surface area is 175 Å². The predicted molar refractivity (Wildman–Crippen MR) is 121 cm³/mol.